The van der Waals surface area contributed by atoms with Gasteiger partial charge < -0.3 is 4.79 Å². The van der Waals surface area contributed by atoms with E-state index in [1.165, 1.54) is 0 Å². The smallest absolute Gasteiger partial charge is 0.233 e. The fourth-order valence-electron chi connectivity index (χ4n) is 0.189. The molecule has 0 aromatic carbocycles. The normalized spacial score (nSPS) is 11.1. The molecular formula is C3H5ClO3S. The van der Waals surface area contributed by atoms with E-state index in [2.05, 4.69) is 0 Å². The van der Waals surface area contributed by atoms with Crippen molar-refractivity contribution in [2.45, 2.75) is 6.42 Å². The van der Waals surface area contributed by atoms with Crippen molar-refractivity contribution in [2.75, 3.05) is 5.75 Å². The summed E-state index contributed by atoms with van der Waals surface area (Å²) in [6, 6.07) is 0. The highest BCUT2D eigenvalue weighted by molar-refractivity contribution is 8.13. The Labute approximate surface area is 52.1 Å². The standard InChI is InChI=1S/C3H5ClO3S/c4-8(6,7)3-1-2-5/h2H,1,3H2. The molecule has 48 valence electrons. The van der Waals surface area contributed by atoms with Crippen LogP contribution in [0.2, 0.25) is 0 Å². The highest BCUT2D eigenvalue weighted by Gasteiger charge is 2.01. The molecule has 8 heavy (non-hydrogen) atoms. The van der Waals surface area contributed by atoms with Gasteiger partial charge in [-0.05, 0) is 0 Å². The van der Waals surface area contributed by atoms with Crippen molar-refractivity contribution in [2.24, 2.45) is 0 Å². The van der Waals surface area contributed by atoms with Gasteiger partial charge in [-0.15, -0.1) is 0 Å². The Morgan fingerprint density at radius 2 is 2.00 bits per heavy atom. The Hall–Kier alpha value is -0.0900. The third kappa shape index (κ3) is 5.91. The van der Waals surface area contributed by atoms with Gasteiger partial charge in [-0.1, -0.05) is 0 Å². The Morgan fingerprint density at radius 1 is 1.50 bits per heavy atom. The van der Waals surface area contributed by atoms with Crippen molar-refractivity contribution in [1.82, 2.24) is 0 Å². The van der Waals surface area contributed by atoms with Gasteiger partial charge in [0.05, 0.1) is 5.75 Å². The van der Waals surface area contributed by atoms with E-state index in [9.17, 15) is 13.2 Å². The molecule has 0 fully saturated rings. The molecule has 0 aliphatic carbocycles. The molecule has 0 atom stereocenters. The largest absolute Gasteiger partial charge is 0.303 e. The summed E-state index contributed by atoms with van der Waals surface area (Å²) in [6.45, 7) is 0. The van der Waals surface area contributed by atoms with E-state index in [1.54, 1.807) is 0 Å². The molecule has 0 aliphatic rings. The Morgan fingerprint density at radius 3 is 2.12 bits per heavy atom. The second-order valence-corrected chi connectivity index (χ2v) is 4.09. The quantitative estimate of drug-likeness (QED) is 0.432. The number of rotatable bonds is 3. The van der Waals surface area contributed by atoms with Crippen molar-refractivity contribution >= 4 is 26.0 Å². The van der Waals surface area contributed by atoms with Crippen LogP contribution in [-0.2, 0) is 13.8 Å². The van der Waals surface area contributed by atoms with Crippen LogP contribution in [0.1, 0.15) is 6.42 Å². The predicted octanol–water partition coefficient (Wildman–Crippen LogP) is 0.144. The molecule has 3 nitrogen and oxygen atoms in total. The molecule has 0 saturated heterocycles. The fraction of sp³-hybridized carbons (Fsp3) is 0.667. The lowest BCUT2D eigenvalue weighted by Crippen LogP contribution is -1.96. The minimum Gasteiger partial charge on any atom is -0.303 e. The van der Waals surface area contributed by atoms with Crippen molar-refractivity contribution in [3.8, 4) is 0 Å². The summed E-state index contributed by atoms with van der Waals surface area (Å²) in [4.78, 5) is 9.53. The van der Waals surface area contributed by atoms with Crippen molar-refractivity contribution in [1.29, 1.82) is 0 Å². The second kappa shape index (κ2) is 3.04. The molecule has 0 saturated carbocycles. The number of hydrogen-bond acceptors (Lipinski definition) is 3. The molecule has 0 N–H and O–H groups in total. The molecule has 0 bridgehead atoms. The summed E-state index contributed by atoms with van der Waals surface area (Å²) in [6.07, 6.45) is 0.492. The van der Waals surface area contributed by atoms with Crippen molar-refractivity contribution < 1.29 is 13.2 Å². The van der Waals surface area contributed by atoms with E-state index in [0.29, 0.717) is 6.29 Å². The Kier molecular flexibility index (Phi) is 3.01. The second-order valence-electron chi connectivity index (χ2n) is 1.20. The molecule has 0 aliphatic heterocycles. The highest BCUT2D eigenvalue weighted by Crippen LogP contribution is 1.95. The summed E-state index contributed by atoms with van der Waals surface area (Å²) < 4.78 is 20.0. The van der Waals surface area contributed by atoms with E-state index in [0.717, 1.165) is 0 Å². The number of carbonyl (C=O) groups excluding carboxylic acids is 1. The van der Waals surface area contributed by atoms with Crippen LogP contribution in [0.4, 0.5) is 0 Å². The van der Waals surface area contributed by atoms with Crippen LogP contribution in [0.15, 0.2) is 0 Å². The number of halogens is 1. The van der Waals surface area contributed by atoms with Gasteiger partial charge in [0.25, 0.3) is 0 Å². The zero-order valence-corrected chi connectivity index (χ0v) is 5.57. The van der Waals surface area contributed by atoms with Crippen LogP contribution < -0.4 is 0 Å². The average molecular weight is 157 g/mol. The van der Waals surface area contributed by atoms with Crippen LogP contribution in [0.5, 0.6) is 0 Å². The molecule has 0 aromatic rings. The van der Waals surface area contributed by atoms with Crippen molar-refractivity contribution in [3.05, 3.63) is 0 Å². The highest BCUT2D eigenvalue weighted by atomic mass is 35.7. The van der Waals surface area contributed by atoms with Gasteiger partial charge in [0, 0.05) is 17.1 Å². The van der Waals surface area contributed by atoms with Crippen LogP contribution >= 0.6 is 10.7 Å². The average Bonchev–Trinajstić information content (AvgIpc) is 1.59. The molecule has 0 heterocycles. The molecular weight excluding hydrogens is 152 g/mol. The third-order valence-corrected chi connectivity index (χ3v) is 1.67. The summed E-state index contributed by atoms with van der Waals surface area (Å²) in [5.74, 6) is -0.266. The maximum absolute atomic E-state index is 10.00. The van der Waals surface area contributed by atoms with E-state index in [1.807, 2.05) is 0 Å². The van der Waals surface area contributed by atoms with E-state index < -0.39 is 9.05 Å². The molecule has 0 rings (SSSR count). The number of hydrogen-bond donors (Lipinski definition) is 0. The Balaban J connectivity index is 3.57. The van der Waals surface area contributed by atoms with Gasteiger partial charge in [-0.2, -0.15) is 0 Å². The molecule has 0 aromatic heterocycles. The first-order chi connectivity index (χ1) is 3.56. The van der Waals surface area contributed by atoms with Crippen LogP contribution in [-0.4, -0.2) is 20.5 Å². The topological polar surface area (TPSA) is 51.2 Å². The number of carbonyl (C=O) groups is 1. The zero-order chi connectivity index (χ0) is 6.62. The summed E-state index contributed by atoms with van der Waals surface area (Å²) in [5.41, 5.74) is 0. The Bertz CT molecular complexity index is 159. The molecule has 0 unspecified atom stereocenters. The fourth-order valence-corrected chi connectivity index (χ4v) is 0.834. The van der Waals surface area contributed by atoms with Crippen LogP contribution in [0, 0.1) is 0 Å². The van der Waals surface area contributed by atoms with Crippen LogP contribution in [0.25, 0.3) is 0 Å². The molecule has 0 spiro atoms. The van der Waals surface area contributed by atoms with Gasteiger partial charge in [0.15, 0.2) is 0 Å². The van der Waals surface area contributed by atoms with E-state index in [-0.39, 0.29) is 12.2 Å². The first kappa shape index (κ1) is 7.91. The van der Waals surface area contributed by atoms with Gasteiger partial charge in [0.1, 0.15) is 6.29 Å². The lowest BCUT2D eigenvalue weighted by molar-refractivity contribution is -0.107. The first-order valence-corrected chi connectivity index (χ1v) is 4.40. The van der Waals surface area contributed by atoms with E-state index in [4.69, 9.17) is 10.7 Å². The monoisotopic (exact) mass is 156 g/mol. The summed E-state index contributed by atoms with van der Waals surface area (Å²) in [7, 11) is 1.28. The van der Waals surface area contributed by atoms with Gasteiger partial charge in [-0.25, -0.2) is 8.42 Å². The maximum Gasteiger partial charge on any atom is 0.233 e. The minimum atomic E-state index is -3.45. The zero-order valence-electron chi connectivity index (χ0n) is 4.00. The maximum atomic E-state index is 10.00. The minimum absolute atomic E-state index is 0.0220. The third-order valence-electron chi connectivity index (χ3n) is 0.480. The molecule has 0 radical (unpaired) electrons. The van der Waals surface area contributed by atoms with Gasteiger partial charge >= 0.3 is 0 Å². The lowest BCUT2D eigenvalue weighted by atomic mass is 10.6. The molecule has 5 heteroatoms. The summed E-state index contributed by atoms with van der Waals surface area (Å²) >= 11 is 0. The predicted molar refractivity (Wildman–Crippen MR) is 30.3 cm³/mol. The number of aldehydes is 1. The van der Waals surface area contributed by atoms with Gasteiger partial charge in [0.2, 0.25) is 9.05 Å². The van der Waals surface area contributed by atoms with Gasteiger partial charge in [-0.3, -0.25) is 0 Å². The lowest BCUT2D eigenvalue weighted by Gasteiger charge is -1.83. The van der Waals surface area contributed by atoms with Crippen molar-refractivity contribution in [3.63, 3.8) is 0 Å². The SMILES string of the molecule is O=CCCS(=O)(=O)Cl. The van der Waals surface area contributed by atoms with E-state index >= 15 is 0 Å². The first-order valence-electron chi connectivity index (χ1n) is 1.92. The summed E-state index contributed by atoms with van der Waals surface area (Å²) in [5, 5.41) is 0. The molecule has 0 amide bonds. The van der Waals surface area contributed by atoms with Crippen LogP contribution in [0.3, 0.4) is 0 Å².